The van der Waals surface area contributed by atoms with Crippen molar-refractivity contribution in [3.8, 4) is 29.1 Å². The molecule has 1 aromatic heterocycles. The summed E-state index contributed by atoms with van der Waals surface area (Å²) in [5.74, 6) is 2.85. The first kappa shape index (κ1) is 32.3. The average Bonchev–Trinajstić information content (AvgIpc) is 3.73. The van der Waals surface area contributed by atoms with Crippen LogP contribution in [0.15, 0.2) is 78.2 Å². The fourth-order valence-electron chi connectivity index (χ4n) is 5.77. The number of ether oxygens (including phenoxy) is 4. The lowest BCUT2D eigenvalue weighted by Crippen LogP contribution is -2.21. The van der Waals surface area contributed by atoms with Crippen molar-refractivity contribution < 1.29 is 18.9 Å². The fraction of sp³-hybridized carbons (Fsp3) is 0.389. The van der Waals surface area contributed by atoms with Crippen LogP contribution in [0.3, 0.4) is 0 Å². The van der Waals surface area contributed by atoms with Crippen LogP contribution >= 0.6 is 11.8 Å². The van der Waals surface area contributed by atoms with Crippen LogP contribution in [0.1, 0.15) is 47.9 Å². The second-order valence-electron chi connectivity index (χ2n) is 11.4. The van der Waals surface area contributed by atoms with E-state index in [1.54, 1.807) is 45.6 Å². The van der Waals surface area contributed by atoms with Crippen LogP contribution in [0.2, 0.25) is 0 Å². The molecule has 0 saturated heterocycles. The molecular weight excluding hydrogens is 584 g/mol. The summed E-state index contributed by atoms with van der Waals surface area (Å²) in [7, 11) is 4.95. The molecule has 0 amide bonds. The largest absolute Gasteiger partial charge is 0.493 e. The summed E-state index contributed by atoms with van der Waals surface area (Å²) in [6.45, 7) is 6.15. The summed E-state index contributed by atoms with van der Waals surface area (Å²) in [6.07, 6.45) is 9.25. The Bertz CT molecular complexity index is 1590. The first-order chi connectivity index (χ1) is 22.0. The van der Waals surface area contributed by atoms with Gasteiger partial charge in [0.25, 0.3) is 0 Å². The fourth-order valence-corrected chi connectivity index (χ4v) is 6.98. The third-order valence-electron chi connectivity index (χ3n) is 8.29. The Labute approximate surface area is 270 Å². The maximum absolute atomic E-state index is 10.7. The van der Waals surface area contributed by atoms with E-state index in [0.717, 1.165) is 73.8 Å². The Morgan fingerprint density at radius 1 is 0.844 bits per heavy atom. The van der Waals surface area contributed by atoms with Gasteiger partial charge in [0.2, 0.25) is 0 Å². The van der Waals surface area contributed by atoms with Gasteiger partial charge in [-0.05, 0) is 79.4 Å². The molecule has 0 fully saturated rings. The van der Waals surface area contributed by atoms with Crippen molar-refractivity contribution in [3.63, 3.8) is 0 Å². The van der Waals surface area contributed by atoms with E-state index in [1.807, 2.05) is 29.0 Å². The highest BCUT2D eigenvalue weighted by Gasteiger charge is 2.34. The predicted octanol–water partition coefficient (Wildman–Crippen LogP) is 7.38. The molecule has 3 aromatic carbocycles. The number of rotatable bonds is 16. The van der Waals surface area contributed by atoms with Crippen molar-refractivity contribution >= 4 is 11.8 Å². The zero-order valence-electron chi connectivity index (χ0n) is 26.6. The topological polar surface area (TPSA) is 81.8 Å². The lowest BCUT2D eigenvalue weighted by atomic mass is 9.93. The monoisotopic (exact) mass is 626 g/mol. The summed E-state index contributed by atoms with van der Waals surface area (Å²) in [6, 6.07) is 21.2. The number of unbranched alkanes of at least 4 members (excludes halogenated alkanes) is 2. The Kier molecular flexibility index (Phi) is 10.9. The molecule has 1 aliphatic heterocycles. The van der Waals surface area contributed by atoms with Gasteiger partial charge in [0, 0.05) is 30.4 Å². The molecule has 0 aliphatic carbocycles. The molecule has 1 aliphatic rings. The normalized spacial score (nSPS) is 13.9. The van der Waals surface area contributed by atoms with Gasteiger partial charge in [-0.15, -0.1) is 0 Å². The molecule has 0 radical (unpaired) electrons. The minimum atomic E-state index is -0.747. The van der Waals surface area contributed by atoms with Crippen molar-refractivity contribution in [2.75, 3.05) is 34.5 Å². The van der Waals surface area contributed by atoms with E-state index in [4.69, 9.17) is 18.9 Å². The first-order valence-electron chi connectivity index (χ1n) is 15.4. The molecule has 2 heterocycles. The Hall–Kier alpha value is -4.13. The maximum Gasteiger partial charge on any atom is 0.161 e. The van der Waals surface area contributed by atoms with Gasteiger partial charge in [-0.25, -0.2) is 4.98 Å². The molecule has 0 N–H and O–H groups in total. The molecule has 5 rings (SSSR count). The van der Waals surface area contributed by atoms with E-state index < -0.39 is 4.75 Å². The highest BCUT2D eigenvalue weighted by Crippen LogP contribution is 2.47. The van der Waals surface area contributed by atoms with Crippen molar-refractivity contribution in [1.29, 1.82) is 5.26 Å². The third kappa shape index (κ3) is 7.94. The molecular formula is C36H42N4O4S. The van der Waals surface area contributed by atoms with Gasteiger partial charge in [0.1, 0.15) is 11.4 Å². The maximum atomic E-state index is 10.7. The van der Waals surface area contributed by atoms with Crippen LogP contribution in [-0.2, 0) is 24.4 Å². The van der Waals surface area contributed by atoms with Gasteiger partial charge in [-0.1, -0.05) is 48.4 Å². The molecule has 0 saturated carbocycles. The summed E-state index contributed by atoms with van der Waals surface area (Å²) < 4.78 is 24.1. The summed E-state index contributed by atoms with van der Waals surface area (Å²) >= 11 is 1.62. The van der Waals surface area contributed by atoms with Crippen molar-refractivity contribution in [2.45, 2.75) is 61.9 Å². The number of hydrogen-bond acceptors (Lipinski definition) is 8. The van der Waals surface area contributed by atoms with Gasteiger partial charge < -0.3 is 23.5 Å². The Balaban J connectivity index is 1.18. The van der Waals surface area contributed by atoms with Gasteiger partial charge in [0.15, 0.2) is 23.0 Å². The Morgan fingerprint density at radius 2 is 1.56 bits per heavy atom. The molecule has 9 heteroatoms. The second kappa shape index (κ2) is 15.2. The number of imidazole rings is 1. The highest BCUT2D eigenvalue weighted by atomic mass is 32.2. The number of benzene rings is 3. The van der Waals surface area contributed by atoms with Crippen LogP contribution in [0, 0.1) is 18.3 Å². The molecule has 1 unspecified atom stereocenters. The number of aryl methyl sites for hydroxylation is 1. The smallest absolute Gasteiger partial charge is 0.161 e. The van der Waals surface area contributed by atoms with E-state index in [9.17, 15) is 5.26 Å². The number of nitrogens with zero attached hydrogens (tertiary/aromatic N) is 4. The Morgan fingerprint density at radius 3 is 2.22 bits per heavy atom. The zero-order chi connectivity index (χ0) is 31.6. The zero-order valence-corrected chi connectivity index (χ0v) is 27.4. The molecule has 45 heavy (non-hydrogen) atoms. The van der Waals surface area contributed by atoms with E-state index in [2.05, 4.69) is 59.3 Å². The molecule has 236 valence electrons. The summed E-state index contributed by atoms with van der Waals surface area (Å²) in [4.78, 5) is 7.64. The lowest BCUT2D eigenvalue weighted by Gasteiger charge is -2.28. The van der Waals surface area contributed by atoms with E-state index in [0.29, 0.717) is 18.1 Å². The number of nitriles is 1. The number of hydrogen-bond donors (Lipinski definition) is 0. The lowest BCUT2D eigenvalue weighted by molar-refractivity contribution is 0.275. The van der Waals surface area contributed by atoms with Gasteiger partial charge in [-0.2, -0.15) is 5.26 Å². The van der Waals surface area contributed by atoms with Crippen LogP contribution < -0.4 is 18.9 Å². The first-order valence-corrected chi connectivity index (χ1v) is 16.2. The average molecular weight is 627 g/mol. The van der Waals surface area contributed by atoms with E-state index in [-0.39, 0.29) is 0 Å². The van der Waals surface area contributed by atoms with Crippen LogP contribution in [-0.4, -0.2) is 48.9 Å². The van der Waals surface area contributed by atoms with E-state index >= 15 is 0 Å². The van der Waals surface area contributed by atoms with E-state index in [1.165, 1.54) is 16.7 Å². The van der Waals surface area contributed by atoms with Crippen molar-refractivity contribution in [2.24, 2.45) is 0 Å². The number of aromatic nitrogens is 2. The van der Waals surface area contributed by atoms with Gasteiger partial charge in [0.05, 0.1) is 40.3 Å². The number of thioether (sulfide) groups is 1. The summed E-state index contributed by atoms with van der Waals surface area (Å²) in [5, 5.41) is 10.7. The molecule has 1 atom stereocenters. The van der Waals surface area contributed by atoms with Crippen LogP contribution in [0.25, 0.3) is 0 Å². The quantitative estimate of drug-likeness (QED) is 0.0941. The third-order valence-corrected chi connectivity index (χ3v) is 9.67. The summed E-state index contributed by atoms with van der Waals surface area (Å²) in [5.41, 5.74) is 4.71. The van der Waals surface area contributed by atoms with Crippen LogP contribution in [0.4, 0.5) is 0 Å². The minimum absolute atomic E-state index is 0.547. The minimum Gasteiger partial charge on any atom is -0.493 e. The highest BCUT2D eigenvalue weighted by molar-refractivity contribution is 8.00. The second-order valence-corrected chi connectivity index (χ2v) is 12.7. The molecule has 8 nitrogen and oxygen atoms in total. The molecule has 0 spiro atoms. The van der Waals surface area contributed by atoms with Gasteiger partial charge >= 0.3 is 0 Å². The number of methoxy groups -OCH3 is 3. The SMILES string of the molecule is COc1ccc(C(C#N)(CCCCCN2Cc3cc(OC)c(OCCn4ccnc4)cc3C2)Sc2ccc(C)cc2)cc1OC. The van der Waals surface area contributed by atoms with Crippen molar-refractivity contribution in [1.82, 2.24) is 14.5 Å². The van der Waals surface area contributed by atoms with Crippen LogP contribution in [0.5, 0.6) is 23.0 Å². The predicted molar refractivity (Wildman–Crippen MR) is 177 cm³/mol. The van der Waals surface area contributed by atoms with Crippen molar-refractivity contribution in [3.05, 3.63) is 95.6 Å². The standard InChI is InChI=1S/C36H42N4O4S/c1-27-8-11-31(12-9-27)45-36(25-37,30-10-13-32(41-2)34(22-30)43-4)14-6-5-7-16-40-23-28-20-33(42-3)35(21-29(28)24-40)44-19-18-39-17-15-38-26-39/h8-13,15,17,20-22,26H,5-7,14,16,18-19,23-24H2,1-4H3. The molecule has 4 aromatic rings. The van der Waals surface area contributed by atoms with Gasteiger partial charge in [-0.3, -0.25) is 4.90 Å². The number of fused-ring (bicyclic) bond motifs is 1. The molecule has 0 bridgehead atoms.